The Morgan fingerprint density at radius 2 is 1.24 bits per heavy atom. The molecule has 0 atom stereocenters. The molecule has 2 aliphatic rings. The largest absolute Gasteiger partial charge is 0.359 e. The van der Waals surface area contributed by atoms with Crippen molar-refractivity contribution >= 4 is 44.7 Å². The Balaban J connectivity index is 1.62. The fourth-order valence-corrected chi connectivity index (χ4v) is 4.84. The second kappa shape index (κ2) is 9.11. The number of hydrogen-bond acceptors (Lipinski definition) is 8. The van der Waals surface area contributed by atoms with Crippen molar-refractivity contribution < 1.29 is 27.6 Å². The van der Waals surface area contributed by atoms with Crippen molar-refractivity contribution in [3.8, 4) is 0 Å². The zero-order valence-corrected chi connectivity index (χ0v) is 19.1. The summed E-state index contributed by atoms with van der Waals surface area (Å²) in [6, 6.07) is 17.8. The fraction of sp³-hybridized carbons (Fsp3) is 0. The van der Waals surface area contributed by atoms with Crippen LogP contribution in [0.2, 0.25) is 0 Å². The van der Waals surface area contributed by atoms with Crippen LogP contribution < -0.4 is 21.1 Å². The zero-order valence-electron chi connectivity index (χ0n) is 17.4. The van der Waals surface area contributed by atoms with Gasteiger partial charge in [-0.2, -0.15) is 8.42 Å². The van der Waals surface area contributed by atoms with E-state index in [2.05, 4.69) is 20.0 Å². The molecule has 3 aromatic rings. The number of nitrogens with one attached hydrogen (secondary N) is 2. The molecule has 0 saturated carbocycles. The number of hydrogen-bond donors (Lipinski definition) is 4. The van der Waals surface area contributed by atoms with Crippen molar-refractivity contribution in [2.75, 3.05) is 10.6 Å². The number of rotatable bonds is 6. The van der Waals surface area contributed by atoms with E-state index in [9.17, 15) is 13.0 Å². The maximum atomic E-state index is 11.4. The molecule has 0 aliphatic carbocycles. The van der Waals surface area contributed by atoms with Gasteiger partial charge in [-0.1, -0.05) is 41.4 Å². The average molecular weight is 495 g/mol. The summed E-state index contributed by atoms with van der Waals surface area (Å²) in [7, 11) is -4.25. The Bertz CT molecular complexity index is 1540. The maximum absolute atomic E-state index is 11.4. The highest BCUT2D eigenvalue weighted by Gasteiger charge is 2.16. The van der Waals surface area contributed by atoms with E-state index in [0.29, 0.717) is 0 Å². The molecule has 34 heavy (non-hydrogen) atoms. The third kappa shape index (κ3) is 4.26. The lowest BCUT2D eigenvalue weighted by Crippen LogP contribution is -2.25. The molecular formula is C24H18N2O6S2. The Kier molecular flexibility index (Phi) is 6.00. The van der Waals surface area contributed by atoms with Crippen LogP contribution in [0, 0.1) is 0 Å². The molecule has 5 rings (SSSR count). The Morgan fingerprint density at radius 3 is 1.71 bits per heavy atom. The van der Waals surface area contributed by atoms with Crippen LogP contribution in [0.3, 0.4) is 0 Å². The zero-order chi connectivity index (χ0) is 23.7. The molecule has 172 valence electrons. The van der Waals surface area contributed by atoms with Crippen LogP contribution in [0.1, 0.15) is 11.1 Å². The van der Waals surface area contributed by atoms with E-state index in [1.54, 1.807) is 12.1 Å². The summed E-state index contributed by atoms with van der Waals surface area (Å²) in [4.78, 5) is 0.624. The summed E-state index contributed by atoms with van der Waals surface area (Å²) in [5.74, 6) is 0. The molecule has 10 heteroatoms. The molecule has 0 spiro atoms. The quantitative estimate of drug-likeness (QED) is 0.176. The molecule has 0 bridgehead atoms. The third-order valence-electron chi connectivity index (χ3n) is 5.53. The lowest BCUT2D eigenvalue weighted by molar-refractivity contribution is -0.432. The van der Waals surface area contributed by atoms with Gasteiger partial charge in [0.15, 0.2) is 0 Å². The minimum absolute atomic E-state index is 0.147. The topological polar surface area (TPSA) is 117 Å². The molecule has 2 heterocycles. The highest BCUT2D eigenvalue weighted by atomic mass is 32.2. The summed E-state index contributed by atoms with van der Waals surface area (Å²) >= 11 is 0.901. The van der Waals surface area contributed by atoms with E-state index in [-0.39, 0.29) is 4.90 Å². The van der Waals surface area contributed by atoms with Gasteiger partial charge in [-0.15, -0.1) is 4.33 Å². The number of fused-ring (bicyclic) bond motifs is 3. The van der Waals surface area contributed by atoms with Crippen LogP contribution in [0.5, 0.6) is 0 Å². The average Bonchev–Trinajstić information content (AvgIpc) is 2.86. The number of anilines is 2. The van der Waals surface area contributed by atoms with Gasteiger partial charge < -0.3 is 10.6 Å². The molecular weight excluding hydrogens is 476 g/mol. The number of allylic oxidation sites excluding steroid dienone is 2. The molecule has 0 aromatic heterocycles. The maximum Gasteiger partial charge on any atom is 0.294 e. The standard InChI is InChI=1S/C24H18N2O6S2/c27-31-32-33-17-5-1-15(2-6-17)19-11-13-25-23-21(19)9-10-22-20(12-14-26-24(22)23)16-3-7-18(8-4-16)34(28,29)30/h1-14,25-27H,(H,28,29,30). The van der Waals surface area contributed by atoms with E-state index in [0.717, 1.165) is 61.0 Å². The first kappa shape index (κ1) is 22.4. The lowest BCUT2D eigenvalue weighted by atomic mass is 9.95. The highest BCUT2D eigenvalue weighted by Crippen LogP contribution is 2.27. The Labute approximate surface area is 199 Å². The van der Waals surface area contributed by atoms with E-state index >= 15 is 0 Å². The van der Waals surface area contributed by atoms with E-state index in [1.807, 2.05) is 61.0 Å². The minimum Gasteiger partial charge on any atom is -0.359 e. The predicted octanol–water partition coefficient (Wildman–Crippen LogP) is 3.64. The van der Waals surface area contributed by atoms with Crippen molar-refractivity contribution in [1.82, 2.24) is 0 Å². The summed E-state index contributed by atoms with van der Waals surface area (Å²) in [6.07, 6.45) is 7.64. The van der Waals surface area contributed by atoms with Crippen LogP contribution in [-0.4, -0.2) is 18.2 Å². The normalized spacial score (nSPS) is 14.3. The van der Waals surface area contributed by atoms with Gasteiger partial charge in [0.2, 0.25) is 0 Å². The van der Waals surface area contributed by atoms with Gasteiger partial charge in [-0.3, -0.25) is 4.55 Å². The van der Waals surface area contributed by atoms with Crippen molar-refractivity contribution in [3.63, 3.8) is 0 Å². The summed E-state index contributed by atoms with van der Waals surface area (Å²) in [6.45, 7) is 0. The molecule has 8 nitrogen and oxygen atoms in total. The van der Waals surface area contributed by atoms with Gasteiger partial charge in [-0.25, -0.2) is 5.26 Å². The molecule has 0 amide bonds. The van der Waals surface area contributed by atoms with Gasteiger partial charge in [0.1, 0.15) is 0 Å². The van der Waals surface area contributed by atoms with E-state index < -0.39 is 10.1 Å². The summed E-state index contributed by atoms with van der Waals surface area (Å²) < 4.78 is 36.5. The van der Waals surface area contributed by atoms with Crippen molar-refractivity contribution in [2.24, 2.45) is 0 Å². The Hall–Kier alpha value is -3.38. The molecule has 0 fully saturated rings. The second-order valence-electron chi connectivity index (χ2n) is 7.44. The van der Waals surface area contributed by atoms with Crippen molar-refractivity contribution in [3.05, 3.63) is 107 Å². The van der Waals surface area contributed by atoms with Gasteiger partial charge >= 0.3 is 0 Å². The molecule has 0 unspecified atom stereocenters. The van der Waals surface area contributed by atoms with Crippen molar-refractivity contribution in [1.29, 1.82) is 0 Å². The number of benzene rings is 3. The Morgan fingerprint density at radius 1 is 0.735 bits per heavy atom. The van der Waals surface area contributed by atoms with Crippen LogP contribution >= 0.6 is 12.0 Å². The smallest absolute Gasteiger partial charge is 0.294 e. The van der Waals surface area contributed by atoms with Gasteiger partial charge in [-0.05, 0) is 58.7 Å². The van der Waals surface area contributed by atoms with Gasteiger partial charge in [0.05, 0.1) is 28.3 Å². The second-order valence-corrected chi connectivity index (χ2v) is 9.64. The van der Waals surface area contributed by atoms with Gasteiger partial charge in [0, 0.05) is 27.7 Å². The van der Waals surface area contributed by atoms with Gasteiger partial charge in [0.25, 0.3) is 10.1 Å². The first-order valence-corrected chi connectivity index (χ1v) is 12.2. The summed E-state index contributed by atoms with van der Waals surface area (Å²) in [5.41, 5.74) is 5.60. The van der Waals surface area contributed by atoms with Crippen LogP contribution in [-0.2, 0) is 19.5 Å². The van der Waals surface area contributed by atoms with Crippen molar-refractivity contribution in [2.45, 2.75) is 9.79 Å². The minimum atomic E-state index is -4.25. The highest BCUT2D eigenvalue weighted by molar-refractivity contribution is 7.94. The SMILES string of the molecule is O=S(=O)(O)c1ccc(C2=c3ccc4c(c3NC=C2)NC=CC=4c2ccc(SOOO)cc2)cc1. The van der Waals surface area contributed by atoms with Crippen LogP contribution in [0.15, 0.2) is 95.0 Å². The molecule has 4 N–H and O–H groups in total. The lowest BCUT2D eigenvalue weighted by Gasteiger charge is -2.20. The molecule has 3 aromatic carbocycles. The third-order valence-corrected chi connectivity index (χ3v) is 6.99. The molecule has 0 radical (unpaired) electrons. The first-order valence-electron chi connectivity index (χ1n) is 10.1. The van der Waals surface area contributed by atoms with Crippen LogP contribution in [0.25, 0.3) is 11.1 Å². The van der Waals surface area contributed by atoms with E-state index in [4.69, 9.17) is 5.26 Å². The van der Waals surface area contributed by atoms with Crippen LogP contribution in [0.4, 0.5) is 11.4 Å². The molecule has 0 saturated heterocycles. The van der Waals surface area contributed by atoms with E-state index in [1.165, 1.54) is 12.1 Å². The first-order chi connectivity index (χ1) is 16.5. The summed E-state index contributed by atoms with van der Waals surface area (Å²) in [5, 5.41) is 20.6. The predicted molar refractivity (Wildman–Crippen MR) is 130 cm³/mol. The monoisotopic (exact) mass is 494 g/mol. The fourth-order valence-electron chi connectivity index (χ4n) is 4.00. The molecule has 2 aliphatic heterocycles.